The summed E-state index contributed by atoms with van der Waals surface area (Å²) in [6, 6.07) is 0. The zero-order chi connectivity index (χ0) is 10.0. The number of carbonyl (C=O) groups is 1. The highest BCUT2D eigenvalue weighted by Crippen LogP contribution is 2.13. The largest absolute Gasteiger partial charge is 0.382 e. The number of aromatic nitrogens is 2. The van der Waals surface area contributed by atoms with Crippen molar-refractivity contribution < 1.29 is 4.79 Å². The van der Waals surface area contributed by atoms with Gasteiger partial charge < -0.3 is 10.6 Å². The van der Waals surface area contributed by atoms with E-state index in [4.69, 9.17) is 5.73 Å². The van der Waals surface area contributed by atoms with E-state index in [2.05, 4.69) is 10.2 Å². The molecule has 13 heavy (non-hydrogen) atoms. The molecule has 70 valence electrons. The lowest BCUT2D eigenvalue weighted by Gasteiger charge is -2.12. The lowest BCUT2D eigenvalue weighted by Crippen LogP contribution is -2.24. The van der Waals surface area contributed by atoms with E-state index in [0.29, 0.717) is 5.56 Å². The third kappa shape index (κ3) is 1.74. The Morgan fingerprint density at radius 2 is 2.15 bits per heavy atom. The Kier molecular flexibility index (Phi) is 2.46. The Morgan fingerprint density at radius 3 is 2.62 bits per heavy atom. The molecule has 1 amide bonds. The standard InChI is InChI=1S/C8H12N4O/c1-5-4-10-11-7(9)6(5)8(13)12(2)3/h4H,1-3H3,(H2,9,11). The number of nitrogen functional groups attached to an aromatic ring is 1. The van der Waals surface area contributed by atoms with E-state index in [1.54, 1.807) is 21.0 Å². The van der Waals surface area contributed by atoms with Crippen LogP contribution in [0.2, 0.25) is 0 Å². The fraction of sp³-hybridized carbons (Fsp3) is 0.375. The molecule has 0 radical (unpaired) electrons. The van der Waals surface area contributed by atoms with Gasteiger partial charge in [-0.3, -0.25) is 4.79 Å². The zero-order valence-electron chi connectivity index (χ0n) is 7.90. The predicted molar refractivity (Wildman–Crippen MR) is 49.2 cm³/mol. The van der Waals surface area contributed by atoms with Gasteiger partial charge in [0.05, 0.1) is 11.8 Å². The zero-order valence-corrected chi connectivity index (χ0v) is 7.90. The van der Waals surface area contributed by atoms with E-state index >= 15 is 0 Å². The van der Waals surface area contributed by atoms with Gasteiger partial charge in [0.25, 0.3) is 5.91 Å². The van der Waals surface area contributed by atoms with Crippen LogP contribution in [0.3, 0.4) is 0 Å². The van der Waals surface area contributed by atoms with Crippen LogP contribution in [-0.2, 0) is 0 Å². The highest BCUT2D eigenvalue weighted by Gasteiger charge is 2.15. The van der Waals surface area contributed by atoms with Gasteiger partial charge in [0.1, 0.15) is 0 Å². The molecule has 1 aromatic heterocycles. The molecule has 0 aliphatic heterocycles. The smallest absolute Gasteiger partial charge is 0.257 e. The van der Waals surface area contributed by atoms with Crippen LogP contribution < -0.4 is 5.73 Å². The molecule has 5 heteroatoms. The fourth-order valence-corrected chi connectivity index (χ4v) is 0.996. The van der Waals surface area contributed by atoms with E-state index in [-0.39, 0.29) is 11.7 Å². The molecule has 0 spiro atoms. The topological polar surface area (TPSA) is 72.1 Å². The summed E-state index contributed by atoms with van der Waals surface area (Å²) in [6.07, 6.45) is 1.52. The Labute approximate surface area is 76.6 Å². The van der Waals surface area contributed by atoms with Gasteiger partial charge in [-0.2, -0.15) is 5.10 Å². The summed E-state index contributed by atoms with van der Waals surface area (Å²) in [5.74, 6) is 0.0311. The number of aryl methyl sites for hydroxylation is 1. The van der Waals surface area contributed by atoms with Gasteiger partial charge in [-0.15, -0.1) is 5.10 Å². The predicted octanol–water partition coefficient (Wildman–Crippen LogP) is 0.0690. The molecule has 1 heterocycles. The number of nitrogens with two attached hydrogens (primary N) is 1. The molecule has 0 aliphatic carbocycles. The van der Waals surface area contributed by atoms with E-state index in [0.717, 1.165) is 5.56 Å². The third-order valence-corrected chi connectivity index (χ3v) is 1.69. The molecule has 1 rings (SSSR count). The van der Waals surface area contributed by atoms with Crippen LogP contribution in [0, 0.1) is 6.92 Å². The molecule has 0 saturated carbocycles. The van der Waals surface area contributed by atoms with Crippen LogP contribution in [0.5, 0.6) is 0 Å². The number of anilines is 1. The first-order valence-electron chi connectivity index (χ1n) is 3.83. The SMILES string of the molecule is Cc1cnnc(N)c1C(=O)N(C)C. The summed E-state index contributed by atoms with van der Waals surface area (Å²) in [5, 5.41) is 7.26. The minimum absolute atomic E-state index is 0.148. The minimum Gasteiger partial charge on any atom is -0.382 e. The van der Waals surface area contributed by atoms with Gasteiger partial charge in [-0.25, -0.2) is 0 Å². The van der Waals surface area contributed by atoms with Crippen LogP contribution in [0.25, 0.3) is 0 Å². The van der Waals surface area contributed by atoms with Gasteiger partial charge in [0.2, 0.25) is 0 Å². The first kappa shape index (κ1) is 9.44. The highest BCUT2D eigenvalue weighted by molar-refractivity contribution is 5.99. The van der Waals surface area contributed by atoms with Gasteiger partial charge >= 0.3 is 0 Å². The molecule has 2 N–H and O–H groups in total. The average Bonchev–Trinajstić information content (AvgIpc) is 2.03. The Balaban J connectivity index is 3.20. The van der Waals surface area contributed by atoms with Gasteiger partial charge in [0, 0.05) is 14.1 Å². The lowest BCUT2D eigenvalue weighted by molar-refractivity contribution is 0.0827. The normalized spacial score (nSPS) is 9.77. The summed E-state index contributed by atoms with van der Waals surface area (Å²) in [7, 11) is 3.34. The van der Waals surface area contributed by atoms with Crippen molar-refractivity contribution in [3.05, 3.63) is 17.3 Å². The highest BCUT2D eigenvalue weighted by atomic mass is 16.2. The minimum atomic E-state index is -0.148. The van der Waals surface area contributed by atoms with Crippen LogP contribution in [-0.4, -0.2) is 35.1 Å². The summed E-state index contributed by atoms with van der Waals surface area (Å²) >= 11 is 0. The molecule has 0 atom stereocenters. The van der Waals surface area contributed by atoms with Crippen LogP contribution >= 0.6 is 0 Å². The summed E-state index contributed by atoms with van der Waals surface area (Å²) in [6.45, 7) is 1.78. The van der Waals surface area contributed by atoms with E-state index < -0.39 is 0 Å². The first-order valence-corrected chi connectivity index (χ1v) is 3.83. The Hall–Kier alpha value is -1.65. The second kappa shape index (κ2) is 3.38. The van der Waals surface area contributed by atoms with Crippen LogP contribution in [0.1, 0.15) is 15.9 Å². The molecule has 0 aliphatic rings. The fourth-order valence-electron chi connectivity index (χ4n) is 0.996. The average molecular weight is 180 g/mol. The number of carbonyl (C=O) groups excluding carboxylic acids is 1. The third-order valence-electron chi connectivity index (χ3n) is 1.69. The molecule has 0 saturated heterocycles. The van der Waals surface area contributed by atoms with Crippen molar-refractivity contribution in [2.45, 2.75) is 6.92 Å². The summed E-state index contributed by atoms with van der Waals surface area (Å²) < 4.78 is 0. The van der Waals surface area contributed by atoms with Crippen molar-refractivity contribution in [1.29, 1.82) is 0 Å². The van der Waals surface area contributed by atoms with E-state index in [1.165, 1.54) is 11.1 Å². The van der Waals surface area contributed by atoms with Crippen molar-refractivity contribution in [2.75, 3.05) is 19.8 Å². The molecular formula is C8H12N4O. The molecule has 1 aromatic rings. The number of nitrogens with zero attached hydrogens (tertiary/aromatic N) is 3. The maximum absolute atomic E-state index is 11.6. The van der Waals surface area contributed by atoms with Crippen molar-refractivity contribution in [1.82, 2.24) is 15.1 Å². The maximum atomic E-state index is 11.6. The van der Waals surface area contributed by atoms with Crippen LogP contribution in [0.4, 0.5) is 5.82 Å². The number of hydrogen-bond donors (Lipinski definition) is 1. The van der Waals surface area contributed by atoms with Gasteiger partial charge in [-0.05, 0) is 12.5 Å². The van der Waals surface area contributed by atoms with Crippen LogP contribution in [0.15, 0.2) is 6.20 Å². The van der Waals surface area contributed by atoms with Crippen molar-refractivity contribution >= 4 is 11.7 Å². The molecular weight excluding hydrogens is 168 g/mol. The quantitative estimate of drug-likeness (QED) is 0.663. The van der Waals surface area contributed by atoms with E-state index in [9.17, 15) is 4.79 Å². The Morgan fingerprint density at radius 1 is 1.54 bits per heavy atom. The van der Waals surface area contributed by atoms with Crippen molar-refractivity contribution in [2.24, 2.45) is 0 Å². The van der Waals surface area contributed by atoms with Gasteiger partial charge in [-0.1, -0.05) is 0 Å². The summed E-state index contributed by atoms with van der Waals surface area (Å²) in [4.78, 5) is 13.0. The second-order valence-corrected chi connectivity index (χ2v) is 2.99. The van der Waals surface area contributed by atoms with Crippen molar-refractivity contribution in [3.63, 3.8) is 0 Å². The summed E-state index contributed by atoms with van der Waals surface area (Å²) in [5.41, 5.74) is 6.71. The van der Waals surface area contributed by atoms with Crippen molar-refractivity contribution in [3.8, 4) is 0 Å². The molecule has 0 bridgehead atoms. The lowest BCUT2D eigenvalue weighted by atomic mass is 10.1. The molecule has 0 aromatic carbocycles. The molecule has 5 nitrogen and oxygen atoms in total. The van der Waals surface area contributed by atoms with Gasteiger partial charge in [0.15, 0.2) is 5.82 Å². The Bertz CT molecular complexity index is 315. The van der Waals surface area contributed by atoms with E-state index in [1.807, 2.05) is 0 Å². The second-order valence-electron chi connectivity index (χ2n) is 2.99. The number of hydrogen-bond acceptors (Lipinski definition) is 4. The first-order chi connectivity index (χ1) is 6.04. The number of rotatable bonds is 1. The maximum Gasteiger partial charge on any atom is 0.257 e. The number of amides is 1. The molecule has 0 fully saturated rings. The monoisotopic (exact) mass is 180 g/mol. The molecule has 0 unspecified atom stereocenters.